The highest BCUT2D eigenvalue weighted by Crippen LogP contribution is 2.24. The Hall–Kier alpha value is -1.62. The molecule has 5 heteroatoms. The van der Waals surface area contributed by atoms with Gasteiger partial charge in [0, 0.05) is 25.4 Å². The van der Waals surface area contributed by atoms with Crippen molar-refractivity contribution in [3.05, 3.63) is 24.0 Å². The molecule has 110 valence electrons. The van der Waals surface area contributed by atoms with Crippen LogP contribution in [0.25, 0.3) is 0 Å². The Morgan fingerprint density at radius 3 is 3.05 bits per heavy atom. The average molecular weight is 277 g/mol. The van der Waals surface area contributed by atoms with Gasteiger partial charge in [-0.05, 0) is 39.7 Å². The van der Waals surface area contributed by atoms with Crippen molar-refractivity contribution in [3.8, 4) is 0 Å². The van der Waals surface area contributed by atoms with Gasteiger partial charge in [0.05, 0.1) is 23.0 Å². The summed E-state index contributed by atoms with van der Waals surface area (Å²) in [5, 5.41) is 6.27. The molecule has 0 aliphatic carbocycles. The van der Waals surface area contributed by atoms with Crippen LogP contribution in [0.2, 0.25) is 0 Å². The highest BCUT2D eigenvalue weighted by atomic mass is 16.5. The second-order valence-electron chi connectivity index (χ2n) is 5.72. The lowest BCUT2D eigenvalue weighted by Gasteiger charge is -2.35. The molecule has 1 aliphatic rings. The van der Waals surface area contributed by atoms with E-state index in [0.717, 1.165) is 25.1 Å². The molecule has 1 fully saturated rings. The lowest BCUT2D eigenvalue weighted by atomic mass is 9.94. The molecule has 0 radical (unpaired) electrons. The first-order chi connectivity index (χ1) is 9.52. The minimum absolute atomic E-state index is 0.0500. The Bertz CT molecular complexity index is 474. The van der Waals surface area contributed by atoms with E-state index in [0.29, 0.717) is 12.2 Å². The highest BCUT2D eigenvalue weighted by Gasteiger charge is 2.30. The smallest absolute Gasteiger partial charge is 0.253 e. The van der Waals surface area contributed by atoms with E-state index < -0.39 is 0 Å². The number of nitrogens with one attached hydrogen (secondary N) is 2. The lowest BCUT2D eigenvalue weighted by molar-refractivity contribution is -0.0615. The molecule has 1 aromatic rings. The van der Waals surface area contributed by atoms with Crippen molar-refractivity contribution < 1.29 is 9.53 Å². The average Bonchev–Trinajstić information content (AvgIpc) is 2.38. The van der Waals surface area contributed by atoms with Gasteiger partial charge in [0.15, 0.2) is 0 Å². The molecule has 1 saturated heterocycles. The van der Waals surface area contributed by atoms with Gasteiger partial charge in [0.2, 0.25) is 0 Å². The van der Waals surface area contributed by atoms with Gasteiger partial charge in [-0.25, -0.2) is 0 Å². The standard InChI is InChI=1S/C15H23N3O2/c1-4-17-13-10-16-7-5-12(13)14(19)18-11-6-8-20-15(2,3)9-11/h5,7,10-11,17H,4,6,8-9H2,1-3H3,(H,18,19). The summed E-state index contributed by atoms with van der Waals surface area (Å²) in [6.45, 7) is 7.56. The molecule has 2 heterocycles. The van der Waals surface area contributed by atoms with Gasteiger partial charge in [0.25, 0.3) is 5.91 Å². The molecule has 1 amide bonds. The maximum absolute atomic E-state index is 12.4. The van der Waals surface area contributed by atoms with E-state index in [9.17, 15) is 4.79 Å². The van der Waals surface area contributed by atoms with E-state index >= 15 is 0 Å². The number of aromatic nitrogens is 1. The van der Waals surface area contributed by atoms with Gasteiger partial charge >= 0.3 is 0 Å². The number of ether oxygens (including phenoxy) is 1. The molecule has 1 atom stereocenters. The number of pyridine rings is 1. The Morgan fingerprint density at radius 2 is 2.35 bits per heavy atom. The molecular weight excluding hydrogens is 254 g/mol. The first-order valence-electron chi connectivity index (χ1n) is 7.14. The Balaban J connectivity index is 2.05. The first kappa shape index (κ1) is 14.8. The third-order valence-electron chi connectivity index (χ3n) is 3.47. The summed E-state index contributed by atoms with van der Waals surface area (Å²) in [5.41, 5.74) is 1.25. The van der Waals surface area contributed by atoms with Crippen LogP contribution in [0.4, 0.5) is 5.69 Å². The van der Waals surface area contributed by atoms with Crippen molar-refractivity contribution in [1.82, 2.24) is 10.3 Å². The SMILES string of the molecule is CCNc1cnccc1C(=O)NC1CCOC(C)(C)C1. The van der Waals surface area contributed by atoms with Gasteiger partial charge < -0.3 is 15.4 Å². The molecule has 2 rings (SSSR count). The topological polar surface area (TPSA) is 63.2 Å². The van der Waals surface area contributed by atoms with Crippen LogP contribution in [0, 0.1) is 0 Å². The van der Waals surface area contributed by atoms with E-state index in [-0.39, 0.29) is 17.6 Å². The van der Waals surface area contributed by atoms with Crippen molar-refractivity contribution in [2.45, 2.75) is 45.3 Å². The number of amides is 1. The maximum atomic E-state index is 12.4. The van der Waals surface area contributed by atoms with Gasteiger partial charge in [-0.3, -0.25) is 9.78 Å². The normalized spacial score (nSPS) is 21.2. The van der Waals surface area contributed by atoms with Gasteiger partial charge in [-0.15, -0.1) is 0 Å². The van der Waals surface area contributed by atoms with Crippen LogP contribution < -0.4 is 10.6 Å². The highest BCUT2D eigenvalue weighted by molar-refractivity contribution is 5.99. The van der Waals surface area contributed by atoms with Crippen molar-refractivity contribution in [2.75, 3.05) is 18.5 Å². The van der Waals surface area contributed by atoms with E-state index in [1.165, 1.54) is 0 Å². The second-order valence-corrected chi connectivity index (χ2v) is 5.72. The lowest BCUT2D eigenvalue weighted by Crippen LogP contribution is -2.45. The summed E-state index contributed by atoms with van der Waals surface area (Å²) in [6.07, 6.45) is 5.02. The largest absolute Gasteiger partial charge is 0.383 e. The monoisotopic (exact) mass is 277 g/mol. The summed E-state index contributed by atoms with van der Waals surface area (Å²) < 4.78 is 5.67. The van der Waals surface area contributed by atoms with Crippen molar-refractivity contribution in [2.24, 2.45) is 0 Å². The molecule has 0 saturated carbocycles. The number of hydrogen-bond donors (Lipinski definition) is 2. The van der Waals surface area contributed by atoms with Crippen LogP contribution in [-0.4, -0.2) is 35.7 Å². The molecule has 0 spiro atoms. The predicted molar refractivity (Wildman–Crippen MR) is 78.9 cm³/mol. The molecule has 0 bridgehead atoms. The third-order valence-corrected chi connectivity index (χ3v) is 3.47. The Labute approximate surface area is 120 Å². The second kappa shape index (κ2) is 6.22. The fourth-order valence-corrected chi connectivity index (χ4v) is 2.54. The number of nitrogens with zero attached hydrogens (tertiary/aromatic N) is 1. The van der Waals surface area contributed by atoms with Crippen LogP contribution in [0.3, 0.4) is 0 Å². The molecule has 1 aliphatic heterocycles. The number of carbonyl (C=O) groups excluding carboxylic acids is 1. The Morgan fingerprint density at radius 1 is 1.55 bits per heavy atom. The molecule has 1 aromatic heterocycles. The quantitative estimate of drug-likeness (QED) is 0.885. The summed E-state index contributed by atoms with van der Waals surface area (Å²) in [5.74, 6) is -0.0500. The summed E-state index contributed by atoms with van der Waals surface area (Å²) >= 11 is 0. The van der Waals surface area contributed by atoms with Gasteiger partial charge in [-0.2, -0.15) is 0 Å². The number of rotatable bonds is 4. The van der Waals surface area contributed by atoms with Crippen LogP contribution >= 0.6 is 0 Å². The summed E-state index contributed by atoms with van der Waals surface area (Å²) in [6, 6.07) is 1.91. The fourth-order valence-electron chi connectivity index (χ4n) is 2.54. The van der Waals surface area contributed by atoms with Gasteiger partial charge in [-0.1, -0.05) is 0 Å². The number of carbonyl (C=O) groups is 1. The first-order valence-corrected chi connectivity index (χ1v) is 7.14. The summed E-state index contributed by atoms with van der Waals surface area (Å²) in [4.78, 5) is 16.5. The molecule has 0 aromatic carbocycles. The number of hydrogen-bond acceptors (Lipinski definition) is 4. The van der Waals surface area contributed by atoms with Crippen LogP contribution in [0.5, 0.6) is 0 Å². The van der Waals surface area contributed by atoms with E-state index in [2.05, 4.69) is 29.5 Å². The van der Waals surface area contributed by atoms with Gasteiger partial charge in [0.1, 0.15) is 0 Å². The molecular formula is C15H23N3O2. The molecule has 1 unspecified atom stereocenters. The molecule has 20 heavy (non-hydrogen) atoms. The van der Waals surface area contributed by atoms with E-state index in [1.807, 2.05) is 6.92 Å². The maximum Gasteiger partial charge on any atom is 0.253 e. The van der Waals surface area contributed by atoms with Crippen LogP contribution in [0.15, 0.2) is 18.5 Å². The molecule has 5 nitrogen and oxygen atoms in total. The van der Waals surface area contributed by atoms with Crippen molar-refractivity contribution in [1.29, 1.82) is 0 Å². The fraction of sp³-hybridized carbons (Fsp3) is 0.600. The zero-order valence-corrected chi connectivity index (χ0v) is 12.4. The van der Waals surface area contributed by atoms with Crippen LogP contribution in [-0.2, 0) is 4.74 Å². The van der Waals surface area contributed by atoms with Crippen molar-refractivity contribution >= 4 is 11.6 Å². The third kappa shape index (κ3) is 3.70. The molecule has 2 N–H and O–H groups in total. The minimum atomic E-state index is -0.168. The van der Waals surface area contributed by atoms with Crippen molar-refractivity contribution in [3.63, 3.8) is 0 Å². The van der Waals surface area contributed by atoms with Crippen LogP contribution in [0.1, 0.15) is 44.0 Å². The summed E-state index contributed by atoms with van der Waals surface area (Å²) in [7, 11) is 0. The minimum Gasteiger partial charge on any atom is -0.383 e. The zero-order valence-electron chi connectivity index (χ0n) is 12.4. The van der Waals surface area contributed by atoms with E-state index in [4.69, 9.17) is 4.74 Å². The van der Waals surface area contributed by atoms with E-state index in [1.54, 1.807) is 18.5 Å². The zero-order chi connectivity index (χ0) is 14.6. The Kier molecular flexibility index (Phi) is 4.60. The number of anilines is 1. The predicted octanol–water partition coefficient (Wildman–Crippen LogP) is 2.20.